The maximum absolute atomic E-state index is 13.2. The van der Waals surface area contributed by atoms with Gasteiger partial charge in [0.1, 0.15) is 24.1 Å². The summed E-state index contributed by atoms with van der Waals surface area (Å²) in [6.45, 7) is 3.59. The van der Waals surface area contributed by atoms with Gasteiger partial charge in [0.2, 0.25) is 6.20 Å². The Hall–Kier alpha value is -4.63. The number of nitrogens with one attached hydrogen (secondary N) is 1. The van der Waals surface area contributed by atoms with Crippen LogP contribution in [0.4, 0.5) is 5.13 Å². The van der Waals surface area contributed by atoms with Crippen LogP contribution in [0, 0.1) is 0 Å². The number of carboxylic acids is 1. The van der Waals surface area contributed by atoms with Crippen LogP contribution in [0.2, 0.25) is 0 Å². The molecule has 248 valence electrons. The molecule has 18 nitrogen and oxygen atoms in total. The third-order valence-electron chi connectivity index (χ3n) is 6.85. The number of hydrogen-bond donors (Lipinski definition) is 5. The van der Waals surface area contributed by atoms with E-state index in [4.69, 9.17) is 25.6 Å². The minimum atomic E-state index is -5.01. The molecule has 7 N–H and O–H groups in total. The van der Waals surface area contributed by atoms with Crippen LogP contribution >= 0.6 is 11.3 Å². The number of nitrogen functional groups attached to an aromatic ring is 1. The average Bonchev–Trinajstić information content (AvgIpc) is 3.59. The summed E-state index contributed by atoms with van der Waals surface area (Å²) in [7, 11) is -3.09. The molecule has 1 saturated heterocycles. The van der Waals surface area contributed by atoms with E-state index in [1.165, 1.54) is 19.2 Å². The zero-order chi connectivity index (χ0) is 33.8. The first-order valence-electron chi connectivity index (χ1n) is 13.6. The molecule has 1 fully saturated rings. The highest BCUT2D eigenvalue weighted by Gasteiger charge is 2.58. The highest BCUT2D eigenvalue weighted by atomic mass is 32.3. The van der Waals surface area contributed by atoms with Gasteiger partial charge in [0.15, 0.2) is 17.9 Å². The molecule has 2 aromatic heterocycles. The first kappa shape index (κ1) is 34.2. The summed E-state index contributed by atoms with van der Waals surface area (Å²) >= 11 is 0.961. The lowest BCUT2D eigenvalue weighted by Gasteiger charge is -2.50. The maximum Gasteiger partial charge on any atom is 0.418 e. The molecule has 2 atom stereocenters. The van der Waals surface area contributed by atoms with E-state index in [9.17, 15) is 27.9 Å². The van der Waals surface area contributed by atoms with Crippen molar-refractivity contribution in [1.82, 2.24) is 20.0 Å². The number of aliphatic carboxylic acids is 1. The number of benzene rings is 1. The van der Waals surface area contributed by atoms with Crippen LogP contribution in [0.3, 0.4) is 0 Å². The van der Waals surface area contributed by atoms with E-state index in [0.717, 1.165) is 35.4 Å². The molecule has 3 heterocycles. The number of aryl methyl sites for hydroxylation is 2. The van der Waals surface area contributed by atoms with Crippen molar-refractivity contribution < 1.29 is 51.0 Å². The Morgan fingerprint density at radius 3 is 2.52 bits per heavy atom. The normalized spacial score (nSPS) is 16.9. The van der Waals surface area contributed by atoms with E-state index in [0.29, 0.717) is 17.4 Å². The van der Waals surface area contributed by atoms with Crippen LogP contribution in [0.1, 0.15) is 26.0 Å². The zero-order valence-corrected chi connectivity index (χ0v) is 26.5. The predicted octanol–water partition coefficient (Wildman–Crippen LogP) is -0.540. The van der Waals surface area contributed by atoms with E-state index in [1.807, 2.05) is 40.9 Å². The van der Waals surface area contributed by atoms with Crippen LogP contribution in [-0.2, 0) is 47.5 Å². The number of β-lactam (4-membered cyclic amide) rings is 1. The molecule has 20 heteroatoms. The minimum absolute atomic E-state index is 0.0609. The van der Waals surface area contributed by atoms with E-state index in [1.54, 1.807) is 12.1 Å². The van der Waals surface area contributed by atoms with Crippen LogP contribution in [0.5, 0.6) is 5.75 Å². The molecular formula is C26H33N8O10S2+. The molecule has 1 aliphatic heterocycles. The highest BCUT2D eigenvalue weighted by Crippen LogP contribution is 2.33. The number of nitrogens with two attached hydrogens (primary N) is 2. The fourth-order valence-electron chi connectivity index (χ4n) is 4.38. The Labute approximate surface area is 267 Å². The molecule has 0 bridgehead atoms. The number of amides is 2. The second-order valence-electron chi connectivity index (χ2n) is 10.6. The van der Waals surface area contributed by atoms with Gasteiger partial charge >= 0.3 is 16.4 Å². The monoisotopic (exact) mass is 681 g/mol. The summed E-state index contributed by atoms with van der Waals surface area (Å²) < 4.78 is 45.0. The number of rotatable bonds is 15. The maximum atomic E-state index is 13.2. The quantitative estimate of drug-likeness (QED) is 0.0445. The molecule has 1 aromatic carbocycles. The van der Waals surface area contributed by atoms with E-state index in [2.05, 4.69) is 19.7 Å². The van der Waals surface area contributed by atoms with E-state index in [-0.39, 0.29) is 10.8 Å². The predicted molar refractivity (Wildman–Crippen MR) is 161 cm³/mol. The number of anilines is 1. The summed E-state index contributed by atoms with van der Waals surface area (Å²) in [6.07, 6.45) is 3.12. The number of hydroxylamine groups is 2. The number of carbonyl (C=O) groups excluding carboxylic acids is 2. The van der Waals surface area contributed by atoms with Gasteiger partial charge in [-0.1, -0.05) is 17.3 Å². The second kappa shape index (κ2) is 13.8. The lowest BCUT2D eigenvalue weighted by molar-refractivity contribution is -0.753. The topological polar surface area (TPSA) is 255 Å². The molecule has 1 aliphatic rings. The van der Waals surface area contributed by atoms with Crippen LogP contribution < -0.4 is 26.2 Å². The first-order chi connectivity index (χ1) is 21.6. The smallest absolute Gasteiger partial charge is 0.418 e. The summed E-state index contributed by atoms with van der Waals surface area (Å²) in [5.41, 5.74) is 11.1. The number of hydrogen-bond acceptors (Lipinski definition) is 13. The Balaban J connectivity index is 1.44. The molecule has 0 saturated carbocycles. The minimum Gasteiger partial charge on any atom is -0.489 e. The standard InChI is InChI=1S/C26H32N8O10S2/c1-26(2)21(23(36)34(26)44-46(39,40)41)30-22(35)20(18-14-45-25(28)29-18)31-43-19(24(37)38)13-42-17-7-5-15(6-8-17)16-11-32(3)33(12-16)10-4-9-27/h5-8,11-12,14,19,21H,4,9-10,13,27H2,1-3H3,(H4-,28,29,30,35,37,38,39,40,41)/p+1/b31-20-/t19-,21+/m0/s1. The number of carbonyl (C=O) groups is 3. The van der Waals surface area contributed by atoms with Crippen molar-refractivity contribution in [3.8, 4) is 16.9 Å². The third-order valence-corrected chi connectivity index (χ3v) is 7.86. The van der Waals surface area contributed by atoms with Gasteiger partial charge in [-0.15, -0.1) is 20.3 Å². The number of aromatic nitrogens is 3. The van der Waals surface area contributed by atoms with Crippen molar-refractivity contribution >= 4 is 50.4 Å². The molecule has 0 radical (unpaired) electrons. The lowest BCUT2D eigenvalue weighted by Crippen LogP contribution is -2.76. The molecule has 0 unspecified atom stereocenters. The van der Waals surface area contributed by atoms with Gasteiger partial charge in [-0.2, -0.15) is 18.2 Å². The second-order valence-corrected chi connectivity index (χ2v) is 12.5. The van der Waals surface area contributed by atoms with Crippen LogP contribution in [0.25, 0.3) is 11.1 Å². The lowest BCUT2D eigenvalue weighted by atomic mass is 9.84. The van der Waals surface area contributed by atoms with Gasteiger partial charge in [0, 0.05) is 5.38 Å². The molecule has 4 rings (SSSR count). The molecule has 0 aliphatic carbocycles. The summed E-state index contributed by atoms with van der Waals surface area (Å²) in [5.74, 6) is -3.11. The van der Waals surface area contributed by atoms with Gasteiger partial charge in [-0.25, -0.2) is 9.78 Å². The molecule has 3 aromatic rings. The van der Waals surface area contributed by atoms with Crippen molar-refractivity contribution in [2.75, 3.05) is 18.9 Å². The van der Waals surface area contributed by atoms with Gasteiger partial charge in [0.05, 0.1) is 23.8 Å². The molecule has 46 heavy (non-hydrogen) atoms. The van der Waals surface area contributed by atoms with E-state index >= 15 is 0 Å². The van der Waals surface area contributed by atoms with Gasteiger partial charge < -0.3 is 31.5 Å². The van der Waals surface area contributed by atoms with Crippen molar-refractivity contribution in [2.24, 2.45) is 17.9 Å². The van der Waals surface area contributed by atoms with Gasteiger partial charge in [-0.05, 0) is 44.5 Å². The van der Waals surface area contributed by atoms with Gasteiger partial charge in [0.25, 0.3) is 17.9 Å². The summed E-state index contributed by atoms with van der Waals surface area (Å²) in [6, 6.07) is 5.63. The number of ether oxygens (including phenoxy) is 1. The van der Waals surface area contributed by atoms with Crippen molar-refractivity contribution in [3.63, 3.8) is 0 Å². The molecule has 0 spiro atoms. The van der Waals surface area contributed by atoms with E-state index < -0.39 is 58.2 Å². The van der Waals surface area contributed by atoms with Crippen LogP contribution in [0.15, 0.2) is 47.2 Å². The first-order valence-corrected chi connectivity index (χ1v) is 15.8. The largest absolute Gasteiger partial charge is 0.489 e. The number of thiazole rings is 1. The number of carboxylic acid groups (broad SMARTS) is 1. The summed E-state index contributed by atoms with van der Waals surface area (Å²) in [5, 5.41) is 17.6. The fourth-order valence-corrected chi connectivity index (χ4v) is 5.39. The van der Waals surface area contributed by atoms with Crippen LogP contribution in [-0.4, -0.2) is 87.1 Å². The van der Waals surface area contributed by atoms with Crippen molar-refractivity contribution in [1.29, 1.82) is 0 Å². The summed E-state index contributed by atoms with van der Waals surface area (Å²) in [4.78, 5) is 46.8. The van der Waals surface area contributed by atoms with Crippen molar-refractivity contribution in [2.45, 2.75) is 44.5 Å². The van der Waals surface area contributed by atoms with Gasteiger partial charge in [-0.3, -0.25) is 14.1 Å². The average molecular weight is 682 g/mol. The highest BCUT2D eigenvalue weighted by molar-refractivity contribution is 7.80. The zero-order valence-electron chi connectivity index (χ0n) is 24.9. The molecular weight excluding hydrogens is 648 g/mol. The molecule has 2 amide bonds. The number of nitrogens with zero attached hydrogens (tertiary/aromatic N) is 5. The van der Waals surface area contributed by atoms with Crippen molar-refractivity contribution in [3.05, 3.63) is 47.7 Å². The Morgan fingerprint density at radius 2 is 1.96 bits per heavy atom. The Bertz CT molecular complexity index is 1740. The Morgan fingerprint density at radius 1 is 1.26 bits per heavy atom. The SMILES string of the molecule is C[n+]1cc(-c2ccc(OC[C@H](O/N=C(\C(=O)N[C@@H]3C(=O)N(OS(=O)(=O)O)C3(C)C)c3csc(N)n3)C(=O)O)cc2)cn1CCCN. The fraction of sp³-hybridized carbons (Fsp3) is 0.385. The number of oxime groups is 1. The Kier molecular flexibility index (Phi) is 10.3. The third kappa shape index (κ3) is 7.95.